The van der Waals surface area contributed by atoms with Crippen molar-refractivity contribution in [1.29, 1.82) is 0 Å². The van der Waals surface area contributed by atoms with Gasteiger partial charge in [0.2, 0.25) is 0 Å². The first-order valence-corrected chi connectivity index (χ1v) is 3.11. The van der Waals surface area contributed by atoms with Crippen molar-refractivity contribution in [2.75, 3.05) is 0 Å². The molecule has 0 aliphatic rings. The lowest BCUT2D eigenvalue weighted by molar-refractivity contribution is 0.657. The summed E-state index contributed by atoms with van der Waals surface area (Å²) in [5, 5.41) is 0.361. The Balaban J connectivity index is 3.14. The molecular formula is C6H12S. The zero-order chi connectivity index (χ0) is 5.86. The first-order chi connectivity index (χ1) is 3.18. The molecule has 0 spiro atoms. The highest BCUT2D eigenvalue weighted by Gasteiger charge is 2.03. The molecule has 0 fully saturated rings. The number of hydrogen-bond acceptors (Lipinski definition) is 0. The SMILES string of the molecule is C[CH]C([S])C(C)C. The lowest BCUT2D eigenvalue weighted by Gasteiger charge is -2.08. The second-order valence-electron chi connectivity index (χ2n) is 2.04. The normalized spacial score (nSPS) is 15.0. The van der Waals surface area contributed by atoms with Crippen LogP contribution in [0.4, 0.5) is 0 Å². The van der Waals surface area contributed by atoms with Crippen LogP contribution in [0.25, 0.3) is 0 Å². The van der Waals surface area contributed by atoms with Gasteiger partial charge in [0.25, 0.3) is 0 Å². The molecule has 0 bridgehead atoms. The van der Waals surface area contributed by atoms with E-state index in [0.29, 0.717) is 11.2 Å². The summed E-state index contributed by atoms with van der Waals surface area (Å²) in [6.07, 6.45) is 2.06. The van der Waals surface area contributed by atoms with Crippen molar-refractivity contribution in [3.63, 3.8) is 0 Å². The Morgan fingerprint density at radius 3 is 1.86 bits per heavy atom. The quantitative estimate of drug-likeness (QED) is 0.520. The molecular weight excluding hydrogens is 104 g/mol. The maximum Gasteiger partial charge on any atom is 0.0203 e. The van der Waals surface area contributed by atoms with Gasteiger partial charge in [-0.15, -0.1) is 0 Å². The highest BCUT2D eigenvalue weighted by atomic mass is 32.1. The van der Waals surface area contributed by atoms with Gasteiger partial charge < -0.3 is 0 Å². The van der Waals surface area contributed by atoms with Crippen molar-refractivity contribution in [2.24, 2.45) is 5.92 Å². The van der Waals surface area contributed by atoms with Crippen LogP contribution in [0, 0.1) is 12.3 Å². The fraction of sp³-hybridized carbons (Fsp3) is 0.833. The molecule has 2 radical (unpaired) electrons. The lowest BCUT2D eigenvalue weighted by atomic mass is 10.1. The fourth-order valence-corrected chi connectivity index (χ4v) is 0.385. The molecule has 0 aromatic heterocycles. The summed E-state index contributed by atoms with van der Waals surface area (Å²) in [7, 11) is 0. The summed E-state index contributed by atoms with van der Waals surface area (Å²) >= 11 is 5.01. The summed E-state index contributed by atoms with van der Waals surface area (Å²) in [6.45, 7) is 6.28. The lowest BCUT2D eigenvalue weighted by Crippen LogP contribution is -2.05. The average Bonchev–Trinajstić information content (AvgIpc) is 1.65. The molecule has 0 aromatic rings. The third-order valence-corrected chi connectivity index (χ3v) is 1.80. The first-order valence-electron chi connectivity index (χ1n) is 2.63. The number of rotatable bonds is 2. The van der Waals surface area contributed by atoms with Crippen LogP contribution in [-0.4, -0.2) is 5.25 Å². The molecule has 0 amide bonds. The second-order valence-corrected chi connectivity index (χ2v) is 2.59. The maximum atomic E-state index is 5.01. The van der Waals surface area contributed by atoms with Crippen molar-refractivity contribution in [3.8, 4) is 0 Å². The van der Waals surface area contributed by atoms with E-state index >= 15 is 0 Å². The van der Waals surface area contributed by atoms with Crippen LogP contribution in [0.5, 0.6) is 0 Å². The number of hydrogen-bond donors (Lipinski definition) is 0. The standard InChI is InChI=1S/C6H12S/c1-4-6(7)5(2)3/h4-6H,1-3H3. The molecule has 0 heterocycles. The fourth-order valence-electron chi connectivity index (χ4n) is 0.385. The molecule has 7 heavy (non-hydrogen) atoms. The molecule has 0 nitrogen and oxygen atoms in total. The Morgan fingerprint density at radius 1 is 1.43 bits per heavy atom. The van der Waals surface area contributed by atoms with Gasteiger partial charge in [0.15, 0.2) is 0 Å². The van der Waals surface area contributed by atoms with Gasteiger partial charge in [0.1, 0.15) is 0 Å². The van der Waals surface area contributed by atoms with Gasteiger partial charge in [0.05, 0.1) is 0 Å². The molecule has 0 aromatic carbocycles. The Hall–Kier alpha value is 0.350. The molecule has 42 valence electrons. The molecule has 0 saturated heterocycles. The predicted octanol–water partition coefficient (Wildman–Crippen LogP) is 2.43. The zero-order valence-electron chi connectivity index (χ0n) is 5.14. The van der Waals surface area contributed by atoms with Crippen molar-refractivity contribution in [3.05, 3.63) is 6.42 Å². The molecule has 0 N–H and O–H groups in total. The van der Waals surface area contributed by atoms with Crippen LogP contribution in [0.1, 0.15) is 20.8 Å². The van der Waals surface area contributed by atoms with Crippen LogP contribution in [0.3, 0.4) is 0 Å². The van der Waals surface area contributed by atoms with Gasteiger partial charge in [-0.1, -0.05) is 33.4 Å². The molecule has 0 rings (SSSR count). The Morgan fingerprint density at radius 2 is 1.86 bits per heavy atom. The summed E-state index contributed by atoms with van der Waals surface area (Å²) in [4.78, 5) is 0. The van der Waals surface area contributed by atoms with Crippen LogP contribution in [0.2, 0.25) is 0 Å². The van der Waals surface area contributed by atoms with E-state index in [1.54, 1.807) is 0 Å². The van der Waals surface area contributed by atoms with Crippen molar-refractivity contribution < 1.29 is 0 Å². The van der Waals surface area contributed by atoms with Gasteiger partial charge in [0, 0.05) is 5.25 Å². The topological polar surface area (TPSA) is 0 Å². The molecule has 1 atom stereocenters. The third kappa shape index (κ3) is 2.98. The molecule has 1 unspecified atom stereocenters. The Labute approximate surface area is 51.7 Å². The van der Waals surface area contributed by atoms with E-state index in [4.69, 9.17) is 12.6 Å². The van der Waals surface area contributed by atoms with E-state index in [9.17, 15) is 0 Å². The first kappa shape index (κ1) is 7.35. The van der Waals surface area contributed by atoms with Crippen molar-refractivity contribution in [2.45, 2.75) is 26.0 Å². The minimum Gasteiger partial charge on any atom is -0.0899 e. The second kappa shape index (κ2) is 3.36. The largest absolute Gasteiger partial charge is 0.0899 e. The molecule has 0 saturated carbocycles. The summed E-state index contributed by atoms with van der Waals surface area (Å²) in [5.41, 5.74) is 0. The van der Waals surface area contributed by atoms with Crippen LogP contribution < -0.4 is 0 Å². The van der Waals surface area contributed by atoms with Gasteiger partial charge in [-0.2, -0.15) is 0 Å². The summed E-state index contributed by atoms with van der Waals surface area (Å²) in [5.74, 6) is 0.625. The van der Waals surface area contributed by atoms with E-state index in [-0.39, 0.29) is 0 Å². The van der Waals surface area contributed by atoms with Crippen molar-refractivity contribution in [1.82, 2.24) is 0 Å². The average molecular weight is 116 g/mol. The van der Waals surface area contributed by atoms with Gasteiger partial charge in [-0.05, 0) is 12.3 Å². The molecule has 1 heteroatoms. The maximum absolute atomic E-state index is 5.01. The monoisotopic (exact) mass is 116 g/mol. The summed E-state index contributed by atoms with van der Waals surface area (Å²) < 4.78 is 0. The van der Waals surface area contributed by atoms with E-state index in [0.717, 1.165) is 0 Å². The smallest absolute Gasteiger partial charge is 0.0203 e. The minimum atomic E-state index is 0.361. The highest BCUT2D eigenvalue weighted by Crippen LogP contribution is 2.10. The van der Waals surface area contributed by atoms with E-state index in [2.05, 4.69) is 20.3 Å². The Bertz CT molecular complexity index is 41.4. The minimum absolute atomic E-state index is 0.361. The van der Waals surface area contributed by atoms with Gasteiger partial charge in [-0.3, -0.25) is 0 Å². The van der Waals surface area contributed by atoms with Crippen molar-refractivity contribution >= 4 is 12.6 Å². The Kier molecular flexibility index (Phi) is 3.53. The van der Waals surface area contributed by atoms with Crippen LogP contribution >= 0.6 is 12.6 Å². The summed E-state index contributed by atoms with van der Waals surface area (Å²) in [6, 6.07) is 0. The zero-order valence-corrected chi connectivity index (χ0v) is 5.96. The molecule has 0 aliphatic heterocycles. The molecule has 0 aliphatic carbocycles. The van der Waals surface area contributed by atoms with Gasteiger partial charge >= 0.3 is 0 Å². The predicted molar refractivity (Wildman–Crippen MR) is 36.2 cm³/mol. The van der Waals surface area contributed by atoms with Crippen LogP contribution in [0.15, 0.2) is 0 Å². The van der Waals surface area contributed by atoms with E-state index in [1.165, 1.54) is 0 Å². The van der Waals surface area contributed by atoms with E-state index in [1.807, 2.05) is 6.92 Å². The third-order valence-electron chi connectivity index (χ3n) is 0.986. The highest BCUT2D eigenvalue weighted by molar-refractivity contribution is 7.81. The van der Waals surface area contributed by atoms with Gasteiger partial charge in [-0.25, -0.2) is 0 Å². The van der Waals surface area contributed by atoms with E-state index < -0.39 is 0 Å². The van der Waals surface area contributed by atoms with Crippen LogP contribution in [-0.2, 0) is 0 Å².